The Kier molecular flexibility index (Phi) is 11.0. The Bertz CT molecular complexity index is 735. The molecule has 1 aromatic heterocycles. The lowest BCUT2D eigenvalue weighted by Crippen LogP contribution is -2.25. The van der Waals surface area contributed by atoms with Crippen molar-refractivity contribution in [2.45, 2.75) is 32.4 Å². The monoisotopic (exact) mass is 564 g/mol. The van der Waals surface area contributed by atoms with Crippen LogP contribution in [0.4, 0.5) is 0 Å². The van der Waals surface area contributed by atoms with Crippen molar-refractivity contribution < 1.29 is 0 Å². The Morgan fingerprint density at radius 3 is 1.61 bits per heavy atom. The summed E-state index contributed by atoms with van der Waals surface area (Å²) in [5.41, 5.74) is 0.496. The quantitative estimate of drug-likeness (QED) is 0.306. The summed E-state index contributed by atoms with van der Waals surface area (Å²) in [5.74, 6) is -0.132. The summed E-state index contributed by atoms with van der Waals surface area (Å²) in [6, 6.07) is 6.75. The summed E-state index contributed by atoms with van der Waals surface area (Å²) in [5, 5.41) is 3.32. The molecule has 0 amide bonds. The number of alkyl halides is 8. The molecule has 0 saturated heterocycles. The molecule has 0 spiro atoms. The van der Waals surface area contributed by atoms with Gasteiger partial charge in [0.2, 0.25) is 7.59 Å². The van der Waals surface area contributed by atoms with Crippen LogP contribution in [0.15, 0.2) is 24.3 Å². The first kappa shape index (κ1) is 26.8. The maximum absolute atomic E-state index is 5.93. The predicted octanol–water partition coefficient (Wildman–Crippen LogP) is 7.59. The molecule has 0 saturated carbocycles. The van der Waals surface area contributed by atoms with Gasteiger partial charge in [-0.2, -0.15) is 0 Å². The summed E-state index contributed by atoms with van der Waals surface area (Å²) >= 11 is 51.6. The number of aromatic nitrogens is 3. The molecule has 0 aliphatic rings. The molecule has 0 aliphatic carbocycles. The average molecular weight is 568 g/mol. The largest absolute Gasteiger partial charge is 0.286 e. The number of nitrogens with zero attached hydrogens (tertiary/aromatic N) is 3. The van der Waals surface area contributed by atoms with Crippen molar-refractivity contribution in [3.05, 3.63) is 40.9 Å². The van der Waals surface area contributed by atoms with Gasteiger partial charge in [-0.25, -0.2) is 15.0 Å². The van der Waals surface area contributed by atoms with Crippen LogP contribution < -0.4 is 5.32 Å². The van der Waals surface area contributed by atoms with Crippen molar-refractivity contribution in [3.8, 4) is 11.4 Å². The van der Waals surface area contributed by atoms with Crippen molar-refractivity contribution in [3.63, 3.8) is 0 Å². The summed E-state index contributed by atoms with van der Waals surface area (Å²) in [7, 11) is 0. The molecule has 1 aromatic carbocycles. The molecule has 4 nitrogen and oxygen atoms in total. The first-order valence-electron chi connectivity index (χ1n) is 7.40. The number of hydrogen-bond donors (Lipinski definition) is 1. The van der Waals surface area contributed by atoms with E-state index < -0.39 is 7.59 Å². The van der Waals surface area contributed by atoms with Crippen molar-refractivity contribution in [1.82, 2.24) is 20.3 Å². The van der Waals surface area contributed by atoms with Crippen LogP contribution in [0.1, 0.15) is 25.5 Å². The van der Waals surface area contributed by atoms with Gasteiger partial charge in [0, 0.05) is 10.6 Å². The highest BCUT2D eigenvalue weighted by atomic mass is 35.6. The first-order chi connectivity index (χ1) is 12.7. The fraction of sp³-hybridized carbons (Fsp3) is 0.400. The lowest BCUT2D eigenvalue weighted by atomic mass is 10.2. The summed E-state index contributed by atoms with van der Waals surface area (Å²) in [6.07, 6.45) is 0. The van der Waals surface area contributed by atoms with E-state index in [2.05, 4.69) is 20.3 Å². The van der Waals surface area contributed by atoms with Gasteiger partial charge in [-0.1, -0.05) is 93.3 Å². The maximum Gasteiger partial charge on any atom is 0.250 e. The second-order valence-corrected chi connectivity index (χ2v) is 11.5. The molecule has 2 atom stereocenters. The molecule has 0 aliphatic heterocycles. The lowest BCUT2D eigenvalue weighted by molar-refractivity contribution is 0.667. The van der Waals surface area contributed by atoms with Crippen molar-refractivity contribution in [2.75, 3.05) is 0 Å². The van der Waals surface area contributed by atoms with Crippen LogP contribution in [-0.2, 0) is 7.59 Å². The molecular formula is C15H13Cl9N4. The number of nitrogens with one attached hydrogen (secondary N) is 1. The summed E-state index contributed by atoms with van der Waals surface area (Å²) < 4.78 is -3.78. The Hall–Kier alpha value is 0.800. The zero-order chi connectivity index (χ0) is 21.7. The minimum atomic E-state index is -1.89. The Morgan fingerprint density at radius 2 is 1.29 bits per heavy atom. The van der Waals surface area contributed by atoms with E-state index in [4.69, 9.17) is 104 Å². The second kappa shape index (κ2) is 11.4. The van der Waals surface area contributed by atoms with Crippen LogP contribution in [0.25, 0.3) is 11.4 Å². The van der Waals surface area contributed by atoms with Crippen LogP contribution in [0.2, 0.25) is 5.02 Å². The van der Waals surface area contributed by atoms with Crippen LogP contribution in [0.3, 0.4) is 0 Å². The molecule has 2 aromatic rings. The highest BCUT2D eigenvalue weighted by molar-refractivity contribution is 6.67. The average Bonchev–Trinajstić information content (AvgIpc) is 2.52. The molecule has 156 valence electrons. The van der Waals surface area contributed by atoms with E-state index in [1.807, 2.05) is 13.8 Å². The van der Waals surface area contributed by atoms with Crippen LogP contribution in [-0.4, -0.2) is 26.0 Å². The third-order valence-electron chi connectivity index (χ3n) is 2.68. The van der Waals surface area contributed by atoms with Crippen molar-refractivity contribution in [1.29, 1.82) is 0 Å². The fourth-order valence-electron chi connectivity index (χ4n) is 1.70. The number of benzene rings is 1. The van der Waals surface area contributed by atoms with Gasteiger partial charge in [-0.3, -0.25) is 5.32 Å². The van der Waals surface area contributed by atoms with E-state index in [9.17, 15) is 0 Å². The minimum absolute atomic E-state index is 0.0347. The van der Waals surface area contributed by atoms with E-state index >= 15 is 0 Å². The smallest absolute Gasteiger partial charge is 0.250 e. The van der Waals surface area contributed by atoms with Crippen molar-refractivity contribution in [2.24, 2.45) is 0 Å². The van der Waals surface area contributed by atoms with Gasteiger partial charge >= 0.3 is 0 Å². The molecule has 0 bridgehead atoms. The molecule has 2 unspecified atom stereocenters. The van der Waals surface area contributed by atoms with E-state index in [1.165, 1.54) is 0 Å². The van der Waals surface area contributed by atoms with E-state index in [1.54, 1.807) is 24.3 Å². The SMILES string of the molecule is CC(Cl)NC(C)Cl.Clc1cccc(-c2nc(C(Cl)(Cl)Cl)nc(C(Cl)(Cl)Cl)n2)c1. The number of halogens is 9. The van der Waals surface area contributed by atoms with Crippen LogP contribution >= 0.6 is 104 Å². The van der Waals surface area contributed by atoms with Gasteiger partial charge in [0.05, 0.1) is 11.0 Å². The number of hydrogen-bond acceptors (Lipinski definition) is 4. The lowest BCUT2D eigenvalue weighted by Gasteiger charge is -2.15. The third kappa shape index (κ3) is 9.74. The number of rotatable bonds is 3. The third-order valence-corrected chi connectivity index (χ3v) is 4.19. The Morgan fingerprint density at radius 1 is 0.821 bits per heavy atom. The minimum Gasteiger partial charge on any atom is -0.286 e. The van der Waals surface area contributed by atoms with E-state index in [0.29, 0.717) is 10.6 Å². The topological polar surface area (TPSA) is 50.7 Å². The molecule has 28 heavy (non-hydrogen) atoms. The Labute approximate surface area is 208 Å². The van der Waals surface area contributed by atoms with E-state index in [-0.39, 0.29) is 28.5 Å². The van der Waals surface area contributed by atoms with Gasteiger partial charge in [0.25, 0.3) is 0 Å². The highest BCUT2D eigenvalue weighted by Crippen LogP contribution is 2.40. The summed E-state index contributed by atoms with van der Waals surface area (Å²) in [6.45, 7) is 3.67. The molecule has 1 N–H and O–H groups in total. The zero-order valence-electron chi connectivity index (χ0n) is 14.2. The van der Waals surface area contributed by atoms with Gasteiger partial charge in [-0.15, -0.1) is 23.2 Å². The van der Waals surface area contributed by atoms with Crippen LogP contribution in [0, 0.1) is 0 Å². The Balaban J connectivity index is 0.000000480. The van der Waals surface area contributed by atoms with Gasteiger partial charge in [0.1, 0.15) is 0 Å². The molecular weight excluding hydrogens is 555 g/mol. The van der Waals surface area contributed by atoms with Crippen LogP contribution in [0.5, 0.6) is 0 Å². The zero-order valence-corrected chi connectivity index (χ0v) is 21.0. The van der Waals surface area contributed by atoms with E-state index in [0.717, 1.165) is 0 Å². The molecule has 0 radical (unpaired) electrons. The van der Waals surface area contributed by atoms with Gasteiger partial charge in [-0.05, 0) is 26.0 Å². The molecule has 2 rings (SSSR count). The maximum atomic E-state index is 5.93. The molecule has 13 heteroatoms. The van der Waals surface area contributed by atoms with Gasteiger partial charge in [0.15, 0.2) is 17.5 Å². The first-order valence-corrected chi connectivity index (χ1v) is 10.9. The molecule has 1 heterocycles. The van der Waals surface area contributed by atoms with Gasteiger partial charge < -0.3 is 0 Å². The molecule has 0 fully saturated rings. The summed E-state index contributed by atoms with van der Waals surface area (Å²) in [4.78, 5) is 12.0. The highest BCUT2D eigenvalue weighted by Gasteiger charge is 2.34. The standard InChI is InChI=1S/C11H4Cl7N3.C4H9Cl2N/c12-6-3-1-2-5(4-6)7-19-8(10(13,14)15)21-9(20-7)11(16,17)18;1-3(5)7-4(2)6/h1-4H;3-4,7H,1-2H3. The second-order valence-electron chi connectivity index (χ2n) is 5.21. The normalized spacial score (nSPS) is 14.1. The fourth-order valence-corrected chi connectivity index (χ4v) is 2.84. The predicted molar refractivity (Wildman–Crippen MR) is 123 cm³/mol. The van der Waals surface area contributed by atoms with Crippen molar-refractivity contribution >= 4 is 104 Å².